The van der Waals surface area contributed by atoms with Crippen molar-refractivity contribution in [1.82, 2.24) is 5.32 Å². The molecule has 2 N–H and O–H groups in total. The van der Waals surface area contributed by atoms with Crippen molar-refractivity contribution in [1.29, 1.82) is 0 Å². The maximum absolute atomic E-state index is 10.3. The van der Waals surface area contributed by atoms with Crippen LogP contribution in [0.3, 0.4) is 0 Å². The molecule has 15 heavy (non-hydrogen) atoms. The summed E-state index contributed by atoms with van der Waals surface area (Å²) >= 11 is 5.41. The Bertz CT molecular complexity index is 198. The van der Waals surface area contributed by atoms with Crippen molar-refractivity contribution in [2.24, 2.45) is 5.92 Å². The van der Waals surface area contributed by atoms with Gasteiger partial charge in [0.05, 0.1) is 5.60 Å². The van der Waals surface area contributed by atoms with Crippen LogP contribution in [0.1, 0.15) is 39.0 Å². The van der Waals surface area contributed by atoms with Gasteiger partial charge < -0.3 is 10.4 Å². The van der Waals surface area contributed by atoms with E-state index < -0.39 is 5.60 Å². The van der Waals surface area contributed by atoms with Crippen molar-refractivity contribution in [2.45, 2.75) is 44.6 Å². The predicted molar refractivity (Wildman–Crippen MR) is 65.1 cm³/mol. The van der Waals surface area contributed by atoms with Gasteiger partial charge in [0.1, 0.15) is 0 Å². The molecule has 3 heteroatoms. The van der Waals surface area contributed by atoms with Crippen LogP contribution in [-0.4, -0.2) is 23.8 Å². The lowest BCUT2D eigenvalue weighted by molar-refractivity contribution is -0.00783. The second-order valence-electron chi connectivity index (χ2n) is 4.57. The fourth-order valence-electron chi connectivity index (χ4n) is 2.23. The lowest BCUT2D eigenvalue weighted by Gasteiger charge is -2.35. The lowest BCUT2D eigenvalue weighted by atomic mass is 9.78. The third-order valence-corrected chi connectivity index (χ3v) is 3.60. The molecule has 88 valence electrons. The third-order valence-electron chi connectivity index (χ3n) is 3.42. The van der Waals surface area contributed by atoms with Crippen molar-refractivity contribution >= 4 is 11.6 Å². The van der Waals surface area contributed by atoms with E-state index in [1.165, 1.54) is 24.8 Å². The van der Waals surface area contributed by atoms with Gasteiger partial charge in [-0.25, -0.2) is 0 Å². The Kier molecular flexibility index (Phi) is 5.65. The van der Waals surface area contributed by atoms with E-state index in [1.54, 1.807) is 0 Å². The lowest BCUT2D eigenvalue weighted by Crippen LogP contribution is -2.43. The molecule has 0 unspecified atom stereocenters. The molecule has 0 atom stereocenters. The Hall–Kier alpha value is -0.0500. The van der Waals surface area contributed by atoms with E-state index in [2.05, 4.69) is 12.2 Å². The molecular formula is C12H22ClNO. The van der Waals surface area contributed by atoms with Crippen LogP contribution >= 0.6 is 11.6 Å². The molecule has 1 rings (SSSR count). The molecule has 0 bridgehead atoms. The summed E-state index contributed by atoms with van der Waals surface area (Å²) in [5.41, 5.74) is 1.02. The van der Waals surface area contributed by atoms with Crippen molar-refractivity contribution < 1.29 is 5.11 Å². The molecule has 0 saturated heterocycles. The van der Waals surface area contributed by atoms with Gasteiger partial charge in [-0.15, -0.1) is 0 Å². The van der Waals surface area contributed by atoms with Gasteiger partial charge >= 0.3 is 0 Å². The van der Waals surface area contributed by atoms with E-state index in [9.17, 15) is 5.11 Å². The summed E-state index contributed by atoms with van der Waals surface area (Å²) < 4.78 is 0. The summed E-state index contributed by atoms with van der Waals surface area (Å²) in [6.07, 6.45) is 7.30. The Morgan fingerprint density at radius 3 is 2.67 bits per heavy atom. The molecule has 1 saturated carbocycles. The first kappa shape index (κ1) is 13.0. The van der Waals surface area contributed by atoms with E-state index in [0.717, 1.165) is 25.3 Å². The molecule has 2 nitrogen and oxygen atoms in total. The number of nitrogens with one attached hydrogen (secondary N) is 1. The molecule has 1 fully saturated rings. The first-order chi connectivity index (χ1) is 7.20. The number of aliphatic hydroxyl groups is 1. The molecule has 0 amide bonds. The highest BCUT2D eigenvalue weighted by atomic mass is 35.5. The van der Waals surface area contributed by atoms with E-state index >= 15 is 0 Å². The minimum absolute atomic E-state index is 0.480. The zero-order valence-electron chi connectivity index (χ0n) is 9.51. The second kappa shape index (κ2) is 6.51. The predicted octanol–water partition coefficient (Wildman–Crippen LogP) is 2.66. The van der Waals surface area contributed by atoms with Crippen LogP contribution in [0.2, 0.25) is 0 Å². The van der Waals surface area contributed by atoms with Gasteiger partial charge in [-0.05, 0) is 31.6 Å². The molecule has 0 aromatic heterocycles. The molecular weight excluding hydrogens is 210 g/mol. The van der Waals surface area contributed by atoms with Gasteiger partial charge in [0.25, 0.3) is 0 Å². The second-order valence-corrected chi connectivity index (χ2v) is 4.82. The van der Waals surface area contributed by atoms with Gasteiger partial charge in [-0.1, -0.05) is 31.0 Å². The Morgan fingerprint density at radius 2 is 2.13 bits per heavy atom. The van der Waals surface area contributed by atoms with E-state index in [4.69, 9.17) is 11.6 Å². The van der Waals surface area contributed by atoms with Gasteiger partial charge in [-0.2, -0.15) is 0 Å². The molecule has 1 aliphatic carbocycles. The summed E-state index contributed by atoms with van der Waals surface area (Å²) in [4.78, 5) is 0. The van der Waals surface area contributed by atoms with Crippen LogP contribution in [-0.2, 0) is 0 Å². The van der Waals surface area contributed by atoms with Crippen molar-refractivity contribution in [2.75, 3.05) is 13.1 Å². The molecule has 0 heterocycles. The van der Waals surface area contributed by atoms with Gasteiger partial charge in [-0.3, -0.25) is 0 Å². The summed E-state index contributed by atoms with van der Waals surface area (Å²) in [6.45, 7) is 3.66. The first-order valence-corrected chi connectivity index (χ1v) is 6.32. The summed E-state index contributed by atoms with van der Waals surface area (Å²) in [5, 5.41) is 13.5. The zero-order valence-corrected chi connectivity index (χ0v) is 10.3. The Balaban J connectivity index is 2.22. The molecule has 0 aromatic carbocycles. The average molecular weight is 232 g/mol. The Morgan fingerprint density at radius 1 is 1.47 bits per heavy atom. The van der Waals surface area contributed by atoms with Crippen LogP contribution in [0.4, 0.5) is 0 Å². The van der Waals surface area contributed by atoms with Crippen LogP contribution < -0.4 is 5.32 Å². The molecule has 1 aliphatic rings. The fraction of sp³-hybridized carbons (Fsp3) is 0.833. The maximum Gasteiger partial charge on any atom is 0.0771 e. The highest BCUT2D eigenvalue weighted by molar-refractivity contribution is 6.25. The largest absolute Gasteiger partial charge is 0.389 e. The minimum atomic E-state index is -0.480. The third kappa shape index (κ3) is 4.54. The highest BCUT2D eigenvalue weighted by Gasteiger charge is 2.31. The zero-order chi connectivity index (χ0) is 11.1. The fourth-order valence-corrected chi connectivity index (χ4v) is 2.32. The molecule has 0 radical (unpaired) electrons. The van der Waals surface area contributed by atoms with Crippen molar-refractivity contribution in [3.63, 3.8) is 0 Å². The summed E-state index contributed by atoms with van der Waals surface area (Å²) in [7, 11) is 0. The highest BCUT2D eigenvalue weighted by Crippen LogP contribution is 2.33. The molecule has 0 spiro atoms. The van der Waals surface area contributed by atoms with E-state index in [0.29, 0.717) is 6.54 Å². The average Bonchev–Trinajstić information content (AvgIpc) is 2.26. The van der Waals surface area contributed by atoms with Gasteiger partial charge in [0, 0.05) is 18.6 Å². The minimum Gasteiger partial charge on any atom is -0.389 e. The van der Waals surface area contributed by atoms with Crippen LogP contribution in [0, 0.1) is 5.92 Å². The Labute approximate surface area is 97.7 Å². The van der Waals surface area contributed by atoms with Gasteiger partial charge in [0.15, 0.2) is 0 Å². The number of halogens is 1. The van der Waals surface area contributed by atoms with Gasteiger partial charge in [0.2, 0.25) is 0 Å². The van der Waals surface area contributed by atoms with Crippen molar-refractivity contribution in [3.8, 4) is 0 Å². The van der Waals surface area contributed by atoms with Crippen LogP contribution in [0.15, 0.2) is 11.6 Å². The quantitative estimate of drug-likeness (QED) is 0.714. The maximum atomic E-state index is 10.3. The topological polar surface area (TPSA) is 32.3 Å². The van der Waals surface area contributed by atoms with E-state index in [-0.39, 0.29) is 0 Å². The first-order valence-electron chi connectivity index (χ1n) is 5.88. The molecule has 0 aliphatic heterocycles. The summed E-state index contributed by atoms with van der Waals surface area (Å²) in [5.74, 6) is 0.827. The van der Waals surface area contributed by atoms with Crippen molar-refractivity contribution in [3.05, 3.63) is 11.6 Å². The number of hydrogen-bond acceptors (Lipinski definition) is 2. The number of rotatable bonds is 5. The standard InChI is InChI=1S/C12H22ClNO/c1-2-11-4-6-12(15,7-5-11)10-14-9-3-8-13/h3,8,11,14-15H,2,4-7,9-10H2,1H3/b8-3+. The monoisotopic (exact) mass is 231 g/mol. The summed E-state index contributed by atoms with van der Waals surface area (Å²) in [6, 6.07) is 0. The smallest absolute Gasteiger partial charge is 0.0771 e. The number of hydrogen-bond donors (Lipinski definition) is 2. The normalized spacial score (nSPS) is 32.3. The van der Waals surface area contributed by atoms with Crippen LogP contribution in [0.5, 0.6) is 0 Å². The SMILES string of the molecule is CCC1CCC(O)(CNC/C=C/Cl)CC1. The van der Waals surface area contributed by atoms with E-state index in [1.807, 2.05) is 6.08 Å². The van der Waals surface area contributed by atoms with Crippen LogP contribution in [0.25, 0.3) is 0 Å². The molecule has 0 aromatic rings.